The Morgan fingerprint density at radius 3 is 2.67 bits per heavy atom. The van der Waals surface area contributed by atoms with Crippen LogP contribution in [-0.2, 0) is 0 Å². The van der Waals surface area contributed by atoms with Gasteiger partial charge in [0.25, 0.3) is 0 Å². The zero-order valence-electron chi connectivity index (χ0n) is 10.3. The molecule has 2 nitrogen and oxygen atoms in total. The van der Waals surface area contributed by atoms with Crippen LogP contribution in [0.3, 0.4) is 0 Å². The van der Waals surface area contributed by atoms with Gasteiger partial charge in [0, 0.05) is 18.6 Å². The second-order valence-corrected chi connectivity index (χ2v) is 5.58. The van der Waals surface area contributed by atoms with Crippen LogP contribution in [0.15, 0.2) is 0 Å². The Balaban J connectivity index is 1.81. The number of nitrogens with one attached hydrogen (secondary N) is 2. The molecule has 0 amide bonds. The fourth-order valence-corrected chi connectivity index (χ4v) is 3.11. The molecule has 1 saturated carbocycles. The molecule has 1 aliphatic heterocycles. The van der Waals surface area contributed by atoms with E-state index >= 15 is 0 Å². The third kappa shape index (κ3) is 2.94. The van der Waals surface area contributed by atoms with Crippen LogP contribution < -0.4 is 10.6 Å². The third-order valence-electron chi connectivity index (χ3n) is 4.45. The molecule has 88 valence electrons. The van der Waals surface area contributed by atoms with E-state index in [0.29, 0.717) is 0 Å². The molecule has 0 radical (unpaired) electrons. The quantitative estimate of drug-likeness (QED) is 0.730. The zero-order valence-corrected chi connectivity index (χ0v) is 10.3. The molecule has 4 unspecified atom stereocenters. The van der Waals surface area contributed by atoms with E-state index in [9.17, 15) is 0 Å². The fraction of sp³-hybridized carbons (Fsp3) is 1.00. The van der Waals surface area contributed by atoms with E-state index in [0.717, 1.165) is 23.9 Å². The first-order valence-electron chi connectivity index (χ1n) is 6.74. The summed E-state index contributed by atoms with van der Waals surface area (Å²) in [4.78, 5) is 0. The summed E-state index contributed by atoms with van der Waals surface area (Å²) in [5.74, 6) is 1.77. The van der Waals surface area contributed by atoms with Crippen molar-refractivity contribution in [1.29, 1.82) is 0 Å². The minimum absolute atomic E-state index is 0.733. The smallest absolute Gasteiger partial charge is 0.0195 e. The first-order chi connectivity index (χ1) is 7.27. The lowest BCUT2D eigenvalue weighted by Crippen LogP contribution is -2.51. The Morgan fingerprint density at radius 2 is 1.93 bits per heavy atom. The van der Waals surface area contributed by atoms with Crippen molar-refractivity contribution in [3.05, 3.63) is 0 Å². The summed E-state index contributed by atoms with van der Waals surface area (Å²) >= 11 is 0. The van der Waals surface area contributed by atoms with Crippen LogP contribution in [0.1, 0.15) is 46.0 Å². The van der Waals surface area contributed by atoms with Crippen molar-refractivity contribution in [1.82, 2.24) is 10.6 Å². The molecule has 0 spiro atoms. The first kappa shape index (κ1) is 11.4. The predicted molar refractivity (Wildman–Crippen MR) is 65.0 cm³/mol. The molecule has 0 bridgehead atoms. The maximum Gasteiger partial charge on any atom is 0.0195 e. The van der Waals surface area contributed by atoms with Gasteiger partial charge in [-0.05, 0) is 37.6 Å². The topological polar surface area (TPSA) is 24.1 Å². The monoisotopic (exact) mass is 210 g/mol. The maximum absolute atomic E-state index is 3.88. The third-order valence-corrected chi connectivity index (χ3v) is 4.45. The van der Waals surface area contributed by atoms with Crippen molar-refractivity contribution in [2.45, 2.75) is 58.0 Å². The molecule has 0 aromatic carbocycles. The summed E-state index contributed by atoms with van der Waals surface area (Å²) in [5.41, 5.74) is 0. The highest BCUT2D eigenvalue weighted by Gasteiger charge is 2.28. The lowest BCUT2D eigenvalue weighted by atomic mass is 9.77. The number of hydrogen-bond donors (Lipinski definition) is 2. The normalized spacial score (nSPS) is 42.8. The van der Waals surface area contributed by atoms with E-state index in [-0.39, 0.29) is 0 Å². The van der Waals surface area contributed by atoms with Crippen LogP contribution in [0.25, 0.3) is 0 Å². The Hall–Kier alpha value is -0.0800. The van der Waals surface area contributed by atoms with Crippen LogP contribution in [0.2, 0.25) is 0 Å². The lowest BCUT2D eigenvalue weighted by molar-refractivity contribution is 0.185. The minimum atomic E-state index is 0.733. The summed E-state index contributed by atoms with van der Waals surface area (Å²) < 4.78 is 0. The van der Waals surface area contributed by atoms with Gasteiger partial charge in [0.05, 0.1) is 0 Å². The average molecular weight is 210 g/mol. The first-order valence-corrected chi connectivity index (χ1v) is 6.74. The molecular formula is C13H26N2. The number of piperidine rings is 1. The van der Waals surface area contributed by atoms with Gasteiger partial charge in [0.1, 0.15) is 0 Å². The largest absolute Gasteiger partial charge is 0.315 e. The molecule has 4 atom stereocenters. The summed E-state index contributed by atoms with van der Waals surface area (Å²) in [6.07, 6.45) is 6.95. The Morgan fingerprint density at radius 1 is 1.07 bits per heavy atom. The minimum Gasteiger partial charge on any atom is -0.315 e. The molecule has 2 heteroatoms. The Kier molecular flexibility index (Phi) is 4.04. The van der Waals surface area contributed by atoms with Gasteiger partial charge in [-0.25, -0.2) is 0 Å². The molecule has 2 fully saturated rings. The molecule has 1 saturated heterocycles. The lowest BCUT2D eigenvalue weighted by Gasteiger charge is -2.38. The van der Waals surface area contributed by atoms with Gasteiger partial charge in [-0.15, -0.1) is 0 Å². The van der Waals surface area contributed by atoms with E-state index in [2.05, 4.69) is 24.5 Å². The average Bonchev–Trinajstić information content (AvgIpc) is 2.26. The van der Waals surface area contributed by atoms with Gasteiger partial charge in [0.15, 0.2) is 0 Å². The highest BCUT2D eigenvalue weighted by molar-refractivity contribution is 4.86. The molecule has 2 aliphatic rings. The second kappa shape index (κ2) is 5.31. The van der Waals surface area contributed by atoms with E-state index in [4.69, 9.17) is 0 Å². The van der Waals surface area contributed by atoms with Crippen molar-refractivity contribution in [3.8, 4) is 0 Å². The van der Waals surface area contributed by atoms with Gasteiger partial charge in [0.2, 0.25) is 0 Å². The van der Waals surface area contributed by atoms with E-state index in [1.807, 2.05) is 0 Å². The molecular weight excluding hydrogens is 184 g/mol. The molecule has 0 aromatic heterocycles. The highest BCUT2D eigenvalue weighted by atomic mass is 15.0. The summed E-state index contributed by atoms with van der Waals surface area (Å²) in [7, 11) is 0. The second-order valence-electron chi connectivity index (χ2n) is 5.58. The molecule has 1 heterocycles. The predicted octanol–water partition coefficient (Wildman–Crippen LogP) is 2.15. The van der Waals surface area contributed by atoms with E-state index < -0.39 is 0 Å². The van der Waals surface area contributed by atoms with Crippen molar-refractivity contribution < 1.29 is 0 Å². The summed E-state index contributed by atoms with van der Waals surface area (Å²) in [6.45, 7) is 7.24. The molecule has 0 aromatic rings. The van der Waals surface area contributed by atoms with Crippen LogP contribution in [-0.4, -0.2) is 25.2 Å². The molecule has 2 rings (SSSR count). The zero-order chi connectivity index (χ0) is 10.7. The Bertz CT molecular complexity index is 187. The molecule has 15 heavy (non-hydrogen) atoms. The van der Waals surface area contributed by atoms with Crippen LogP contribution in [0.4, 0.5) is 0 Å². The van der Waals surface area contributed by atoms with Crippen LogP contribution in [0, 0.1) is 11.8 Å². The SMILES string of the molecule is CC1CCCC(NC2CCCNC2)C1C. The standard InChI is InChI=1S/C13H26N2/c1-10-5-3-7-13(11(10)2)15-12-6-4-8-14-9-12/h10-15H,3-9H2,1-2H3. The van der Waals surface area contributed by atoms with Crippen LogP contribution in [0.5, 0.6) is 0 Å². The highest BCUT2D eigenvalue weighted by Crippen LogP contribution is 2.29. The van der Waals surface area contributed by atoms with Crippen molar-refractivity contribution in [3.63, 3.8) is 0 Å². The number of rotatable bonds is 2. The van der Waals surface area contributed by atoms with Crippen LogP contribution >= 0.6 is 0 Å². The van der Waals surface area contributed by atoms with Gasteiger partial charge >= 0.3 is 0 Å². The van der Waals surface area contributed by atoms with Gasteiger partial charge in [-0.1, -0.05) is 26.7 Å². The molecule has 2 N–H and O–H groups in total. The summed E-state index contributed by atoms with van der Waals surface area (Å²) in [6, 6.07) is 1.51. The van der Waals surface area contributed by atoms with Crippen molar-refractivity contribution >= 4 is 0 Å². The van der Waals surface area contributed by atoms with Gasteiger partial charge in [-0.2, -0.15) is 0 Å². The van der Waals surface area contributed by atoms with Crippen molar-refractivity contribution in [2.75, 3.05) is 13.1 Å². The van der Waals surface area contributed by atoms with Gasteiger partial charge in [-0.3, -0.25) is 0 Å². The maximum atomic E-state index is 3.88. The fourth-order valence-electron chi connectivity index (χ4n) is 3.11. The molecule has 1 aliphatic carbocycles. The van der Waals surface area contributed by atoms with Gasteiger partial charge < -0.3 is 10.6 Å². The van der Waals surface area contributed by atoms with E-state index in [1.165, 1.54) is 45.2 Å². The van der Waals surface area contributed by atoms with E-state index in [1.54, 1.807) is 0 Å². The Labute approximate surface area is 94.2 Å². The summed E-state index contributed by atoms with van der Waals surface area (Å²) in [5, 5.41) is 7.36. The number of hydrogen-bond acceptors (Lipinski definition) is 2. The van der Waals surface area contributed by atoms with Crippen molar-refractivity contribution in [2.24, 2.45) is 11.8 Å².